The summed E-state index contributed by atoms with van der Waals surface area (Å²) in [6, 6.07) is 14.5. The second-order valence-electron chi connectivity index (χ2n) is 7.44. The molecular weight excluding hydrogens is 438 g/mol. The second-order valence-corrected chi connectivity index (χ2v) is 7.83. The molecule has 0 radical (unpaired) electrons. The second kappa shape index (κ2) is 10.7. The number of rotatable bonds is 8. The topological polar surface area (TPSA) is 91.7 Å². The Labute approximate surface area is 198 Å². The standard InChI is InChI=1S/C25H25N3O4S/c1-4-16(3)18-7-9-19(10-8-18)28-24(30)20(23(29)27-25(28)33)14-17-6-11-21(32-13-12-26)22(15-17)31-5-2/h6-11,14-16H,4-5,13H2,1-3H3,(H,27,29,33). The maximum absolute atomic E-state index is 13.3. The summed E-state index contributed by atoms with van der Waals surface area (Å²) in [4.78, 5) is 27.2. The van der Waals surface area contributed by atoms with Gasteiger partial charge in [0.15, 0.2) is 23.2 Å². The quantitative estimate of drug-likeness (QED) is 0.356. The van der Waals surface area contributed by atoms with Crippen LogP contribution in [0.2, 0.25) is 0 Å². The maximum atomic E-state index is 13.3. The average Bonchev–Trinajstić information content (AvgIpc) is 2.81. The lowest BCUT2D eigenvalue weighted by molar-refractivity contribution is -0.122. The number of anilines is 1. The number of nitriles is 1. The summed E-state index contributed by atoms with van der Waals surface area (Å²) in [5.74, 6) is 0.142. The molecule has 0 aromatic heterocycles. The summed E-state index contributed by atoms with van der Waals surface area (Å²) in [7, 11) is 0. The lowest BCUT2D eigenvalue weighted by Gasteiger charge is -2.29. The molecule has 2 aromatic carbocycles. The molecule has 1 saturated heterocycles. The fourth-order valence-electron chi connectivity index (χ4n) is 3.36. The Balaban J connectivity index is 1.93. The van der Waals surface area contributed by atoms with Crippen LogP contribution in [0.5, 0.6) is 11.5 Å². The lowest BCUT2D eigenvalue weighted by Crippen LogP contribution is -2.54. The molecule has 0 saturated carbocycles. The molecule has 1 fully saturated rings. The Kier molecular flexibility index (Phi) is 7.80. The number of hydrogen-bond acceptors (Lipinski definition) is 6. The van der Waals surface area contributed by atoms with Crippen molar-refractivity contribution < 1.29 is 19.1 Å². The van der Waals surface area contributed by atoms with Gasteiger partial charge in [0, 0.05) is 0 Å². The van der Waals surface area contributed by atoms with E-state index < -0.39 is 11.8 Å². The third kappa shape index (κ3) is 5.38. The van der Waals surface area contributed by atoms with Crippen LogP contribution in [0.3, 0.4) is 0 Å². The monoisotopic (exact) mass is 463 g/mol. The SMILES string of the molecule is CCOc1cc(C=C2C(=O)NC(=S)N(c3ccc(C(C)CC)cc3)C2=O)ccc1OCC#N. The normalized spacial score (nSPS) is 15.8. The van der Waals surface area contributed by atoms with Crippen LogP contribution >= 0.6 is 12.2 Å². The van der Waals surface area contributed by atoms with E-state index in [0.29, 0.717) is 35.3 Å². The predicted molar refractivity (Wildman–Crippen MR) is 130 cm³/mol. The number of amides is 2. The van der Waals surface area contributed by atoms with Crippen LogP contribution < -0.4 is 19.7 Å². The molecule has 0 spiro atoms. The van der Waals surface area contributed by atoms with E-state index in [-0.39, 0.29) is 17.3 Å². The maximum Gasteiger partial charge on any atom is 0.270 e. The van der Waals surface area contributed by atoms with E-state index >= 15 is 0 Å². The van der Waals surface area contributed by atoms with Crippen LogP contribution in [-0.4, -0.2) is 30.1 Å². The van der Waals surface area contributed by atoms with E-state index in [1.54, 1.807) is 18.2 Å². The van der Waals surface area contributed by atoms with Crippen LogP contribution in [0.25, 0.3) is 6.08 Å². The Morgan fingerprint density at radius 3 is 2.48 bits per heavy atom. The molecule has 7 nitrogen and oxygen atoms in total. The molecule has 1 heterocycles. The number of hydrogen-bond donors (Lipinski definition) is 1. The lowest BCUT2D eigenvalue weighted by atomic mass is 9.98. The minimum Gasteiger partial charge on any atom is -0.490 e. The number of carbonyl (C=O) groups excluding carboxylic acids is 2. The van der Waals surface area contributed by atoms with Gasteiger partial charge >= 0.3 is 0 Å². The molecule has 0 bridgehead atoms. The van der Waals surface area contributed by atoms with Gasteiger partial charge in [0.05, 0.1) is 12.3 Å². The highest BCUT2D eigenvalue weighted by Gasteiger charge is 2.34. The van der Waals surface area contributed by atoms with Crippen molar-refractivity contribution in [2.45, 2.75) is 33.1 Å². The summed E-state index contributed by atoms with van der Waals surface area (Å²) >= 11 is 5.28. The van der Waals surface area contributed by atoms with Crippen LogP contribution in [0, 0.1) is 11.3 Å². The number of thiocarbonyl (C=S) groups is 1. The predicted octanol–water partition coefficient (Wildman–Crippen LogP) is 4.33. The van der Waals surface area contributed by atoms with Gasteiger partial charge in [0.1, 0.15) is 11.6 Å². The van der Waals surface area contributed by atoms with Crippen LogP contribution in [0.1, 0.15) is 44.2 Å². The van der Waals surface area contributed by atoms with E-state index in [9.17, 15) is 9.59 Å². The molecule has 1 aliphatic rings. The Hall–Kier alpha value is -3.70. The first-order chi connectivity index (χ1) is 15.9. The molecule has 0 aliphatic carbocycles. The van der Waals surface area contributed by atoms with E-state index in [2.05, 4.69) is 19.2 Å². The van der Waals surface area contributed by atoms with Crippen molar-refractivity contribution in [3.8, 4) is 17.6 Å². The molecule has 1 unspecified atom stereocenters. The van der Waals surface area contributed by atoms with Crippen molar-refractivity contribution >= 4 is 40.9 Å². The van der Waals surface area contributed by atoms with Gasteiger partial charge in [-0.3, -0.25) is 19.8 Å². The summed E-state index contributed by atoms with van der Waals surface area (Å²) in [6.07, 6.45) is 2.49. The molecular formula is C25H25N3O4S. The number of nitrogens with zero attached hydrogens (tertiary/aromatic N) is 2. The summed E-state index contributed by atoms with van der Waals surface area (Å²) < 4.78 is 11.0. The van der Waals surface area contributed by atoms with E-state index in [1.807, 2.05) is 37.3 Å². The summed E-state index contributed by atoms with van der Waals surface area (Å²) in [6.45, 7) is 6.34. The molecule has 1 N–H and O–H groups in total. The summed E-state index contributed by atoms with van der Waals surface area (Å²) in [5.41, 5.74) is 2.26. The van der Waals surface area contributed by atoms with Crippen molar-refractivity contribution in [1.29, 1.82) is 5.26 Å². The van der Waals surface area contributed by atoms with Crippen molar-refractivity contribution in [2.75, 3.05) is 18.1 Å². The highest BCUT2D eigenvalue weighted by atomic mass is 32.1. The van der Waals surface area contributed by atoms with Gasteiger partial charge in [0.25, 0.3) is 11.8 Å². The van der Waals surface area contributed by atoms with Gasteiger partial charge in [-0.2, -0.15) is 5.26 Å². The average molecular weight is 464 g/mol. The molecule has 1 aliphatic heterocycles. The van der Waals surface area contributed by atoms with E-state index in [1.165, 1.54) is 16.5 Å². The zero-order valence-corrected chi connectivity index (χ0v) is 19.6. The Morgan fingerprint density at radius 2 is 1.85 bits per heavy atom. The minimum absolute atomic E-state index is 0.0358. The van der Waals surface area contributed by atoms with Crippen LogP contribution in [0.4, 0.5) is 5.69 Å². The Morgan fingerprint density at radius 1 is 1.12 bits per heavy atom. The molecule has 33 heavy (non-hydrogen) atoms. The number of ether oxygens (including phenoxy) is 2. The van der Waals surface area contributed by atoms with Gasteiger partial charge in [-0.05, 0) is 72.9 Å². The van der Waals surface area contributed by atoms with Crippen LogP contribution in [-0.2, 0) is 9.59 Å². The highest BCUT2D eigenvalue weighted by molar-refractivity contribution is 7.80. The van der Waals surface area contributed by atoms with Crippen molar-refractivity contribution in [2.24, 2.45) is 0 Å². The fraction of sp³-hybridized carbons (Fsp3) is 0.280. The molecule has 2 amide bonds. The number of carbonyl (C=O) groups is 2. The third-order valence-electron chi connectivity index (χ3n) is 5.31. The van der Waals surface area contributed by atoms with Crippen molar-refractivity contribution in [3.05, 3.63) is 59.2 Å². The first kappa shape index (κ1) is 24.0. The molecule has 2 aromatic rings. The van der Waals surface area contributed by atoms with Crippen molar-refractivity contribution in [1.82, 2.24) is 5.32 Å². The zero-order valence-electron chi connectivity index (χ0n) is 18.8. The van der Waals surface area contributed by atoms with E-state index in [0.717, 1.165) is 6.42 Å². The smallest absolute Gasteiger partial charge is 0.270 e. The number of benzene rings is 2. The fourth-order valence-corrected chi connectivity index (χ4v) is 3.64. The largest absolute Gasteiger partial charge is 0.490 e. The zero-order chi connectivity index (χ0) is 24.0. The van der Waals surface area contributed by atoms with Crippen LogP contribution in [0.15, 0.2) is 48.0 Å². The molecule has 3 rings (SSSR count). The highest BCUT2D eigenvalue weighted by Crippen LogP contribution is 2.30. The molecule has 8 heteroatoms. The van der Waals surface area contributed by atoms with Gasteiger partial charge in [-0.25, -0.2) is 0 Å². The first-order valence-electron chi connectivity index (χ1n) is 10.7. The Bertz CT molecular complexity index is 1140. The third-order valence-corrected chi connectivity index (χ3v) is 5.59. The molecule has 170 valence electrons. The number of nitrogens with one attached hydrogen (secondary N) is 1. The van der Waals surface area contributed by atoms with Gasteiger partial charge < -0.3 is 9.47 Å². The van der Waals surface area contributed by atoms with Gasteiger partial charge in [-0.15, -0.1) is 0 Å². The first-order valence-corrected chi connectivity index (χ1v) is 11.1. The minimum atomic E-state index is -0.569. The van der Waals surface area contributed by atoms with Crippen molar-refractivity contribution in [3.63, 3.8) is 0 Å². The van der Waals surface area contributed by atoms with E-state index in [4.69, 9.17) is 27.0 Å². The van der Waals surface area contributed by atoms with Gasteiger partial charge in [-0.1, -0.05) is 32.0 Å². The molecule has 1 atom stereocenters. The summed E-state index contributed by atoms with van der Waals surface area (Å²) in [5, 5.41) is 11.4. The van der Waals surface area contributed by atoms with Gasteiger partial charge in [0.2, 0.25) is 0 Å².